The number of hydrogen-bond acceptors (Lipinski definition) is 4. The molecule has 6 nitrogen and oxygen atoms in total. The molecule has 0 aromatic heterocycles. The highest BCUT2D eigenvalue weighted by molar-refractivity contribution is 7.87. The van der Waals surface area contributed by atoms with E-state index in [0.717, 1.165) is 31.2 Å². The van der Waals surface area contributed by atoms with Crippen molar-refractivity contribution >= 4 is 16.2 Å². The van der Waals surface area contributed by atoms with Crippen LogP contribution in [0, 0.1) is 0 Å². The van der Waals surface area contributed by atoms with Crippen molar-refractivity contribution in [3.05, 3.63) is 35.4 Å². The number of methoxy groups -OCH3 is 1. The van der Waals surface area contributed by atoms with Crippen molar-refractivity contribution in [2.24, 2.45) is 0 Å². The number of rotatable bonds is 6. The Labute approximate surface area is 138 Å². The first-order valence-electron chi connectivity index (χ1n) is 7.95. The van der Waals surface area contributed by atoms with E-state index >= 15 is 0 Å². The van der Waals surface area contributed by atoms with Gasteiger partial charge in [-0.2, -0.15) is 12.7 Å². The van der Waals surface area contributed by atoms with Gasteiger partial charge in [0.25, 0.3) is 10.2 Å². The lowest BCUT2D eigenvalue weighted by molar-refractivity contribution is 0.0600. The third-order valence-electron chi connectivity index (χ3n) is 3.98. The molecule has 0 amide bonds. The van der Waals surface area contributed by atoms with Gasteiger partial charge in [0, 0.05) is 19.6 Å². The van der Waals surface area contributed by atoms with Crippen molar-refractivity contribution < 1.29 is 17.9 Å². The van der Waals surface area contributed by atoms with Crippen LogP contribution in [0.5, 0.6) is 0 Å². The van der Waals surface area contributed by atoms with Gasteiger partial charge in [-0.05, 0) is 37.0 Å². The summed E-state index contributed by atoms with van der Waals surface area (Å²) in [5, 5.41) is 0. The maximum Gasteiger partial charge on any atom is 0.337 e. The standard InChI is InChI=1S/C16H24N2O4S/c1-22-16(19)15-8-6-14(7-9-15)10-11-17-23(20,21)18-12-4-2-3-5-13-18/h6-9,17H,2-5,10-13H2,1H3. The molecule has 0 bridgehead atoms. The zero-order valence-corrected chi connectivity index (χ0v) is 14.3. The van der Waals surface area contributed by atoms with Crippen molar-refractivity contribution in [1.82, 2.24) is 9.03 Å². The molecule has 2 rings (SSSR count). The van der Waals surface area contributed by atoms with Gasteiger partial charge in [0.05, 0.1) is 12.7 Å². The summed E-state index contributed by atoms with van der Waals surface area (Å²) in [5.41, 5.74) is 1.46. The highest BCUT2D eigenvalue weighted by Crippen LogP contribution is 2.12. The Kier molecular flexibility index (Phi) is 6.56. The molecule has 0 atom stereocenters. The Morgan fingerprint density at radius 3 is 2.30 bits per heavy atom. The third-order valence-corrected chi connectivity index (χ3v) is 5.59. The van der Waals surface area contributed by atoms with E-state index in [2.05, 4.69) is 9.46 Å². The molecule has 0 unspecified atom stereocenters. The molecule has 1 aliphatic rings. The van der Waals surface area contributed by atoms with Crippen LogP contribution in [0.4, 0.5) is 0 Å². The number of carbonyl (C=O) groups excluding carboxylic acids is 1. The Balaban J connectivity index is 1.84. The zero-order valence-electron chi connectivity index (χ0n) is 13.5. The number of hydrogen-bond donors (Lipinski definition) is 1. The molecule has 0 radical (unpaired) electrons. The first-order chi connectivity index (χ1) is 11.0. The zero-order chi connectivity index (χ0) is 16.7. The van der Waals surface area contributed by atoms with E-state index in [0.29, 0.717) is 31.6 Å². The van der Waals surface area contributed by atoms with Crippen molar-refractivity contribution in [3.8, 4) is 0 Å². The number of carbonyl (C=O) groups is 1. The molecule has 1 aliphatic heterocycles. The summed E-state index contributed by atoms with van der Waals surface area (Å²) in [6, 6.07) is 6.99. The number of esters is 1. The van der Waals surface area contributed by atoms with Gasteiger partial charge in [-0.1, -0.05) is 25.0 Å². The molecule has 1 N–H and O–H groups in total. The molecule has 128 valence electrons. The molecule has 23 heavy (non-hydrogen) atoms. The molecular weight excluding hydrogens is 316 g/mol. The van der Waals surface area contributed by atoms with Gasteiger partial charge in [0.2, 0.25) is 0 Å². The topological polar surface area (TPSA) is 75.7 Å². The van der Waals surface area contributed by atoms with Gasteiger partial charge in [-0.3, -0.25) is 0 Å². The molecule has 7 heteroatoms. The molecular formula is C16H24N2O4S. The highest BCUT2D eigenvalue weighted by atomic mass is 32.2. The summed E-state index contributed by atoms with van der Waals surface area (Å²) in [5.74, 6) is -0.376. The molecule has 1 saturated heterocycles. The van der Waals surface area contributed by atoms with Crippen molar-refractivity contribution in [2.45, 2.75) is 32.1 Å². The van der Waals surface area contributed by atoms with Crippen molar-refractivity contribution in [2.75, 3.05) is 26.7 Å². The Bertz CT molecular complexity index is 605. The largest absolute Gasteiger partial charge is 0.465 e. The van der Waals surface area contributed by atoms with Gasteiger partial charge >= 0.3 is 5.97 Å². The minimum atomic E-state index is -3.39. The number of nitrogens with zero attached hydrogens (tertiary/aromatic N) is 1. The lowest BCUT2D eigenvalue weighted by atomic mass is 10.1. The summed E-state index contributed by atoms with van der Waals surface area (Å²) in [4.78, 5) is 11.4. The van der Waals surface area contributed by atoms with E-state index in [1.807, 2.05) is 12.1 Å². The second-order valence-electron chi connectivity index (χ2n) is 5.65. The van der Waals surface area contributed by atoms with Crippen LogP contribution in [-0.2, 0) is 21.4 Å². The minimum absolute atomic E-state index is 0.344. The van der Waals surface area contributed by atoms with Crippen LogP contribution in [-0.4, -0.2) is 45.4 Å². The van der Waals surface area contributed by atoms with Gasteiger partial charge in [-0.15, -0.1) is 0 Å². The molecule has 0 spiro atoms. The maximum absolute atomic E-state index is 12.3. The Hall–Kier alpha value is -1.44. The second kappa shape index (κ2) is 8.42. The summed E-state index contributed by atoms with van der Waals surface area (Å²) in [6.07, 6.45) is 4.62. The van der Waals surface area contributed by atoms with Crippen LogP contribution in [0.3, 0.4) is 0 Å². The average Bonchev–Trinajstić information content (AvgIpc) is 2.84. The van der Waals surface area contributed by atoms with Crippen LogP contribution in [0.1, 0.15) is 41.6 Å². The summed E-state index contributed by atoms with van der Waals surface area (Å²) in [6.45, 7) is 1.54. The van der Waals surface area contributed by atoms with Crippen LogP contribution >= 0.6 is 0 Å². The summed E-state index contributed by atoms with van der Waals surface area (Å²) >= 11 is 0. The smallest absolute Gasteiger partial charge is 0.337 e. The SMILES string of the molecule is COC(=O)c1ccc(CCNS(=O)(=O)N2CCCCCC2)cc1. The normalized spacial score (nSPS) is 16.7. The first-order valence-corrected chi connectivity index (χ1v) is 9.39. The number of ether oxygens (including phenoxy) is 1. The summed E-state index contributed by atoms with van der Waals surface area (Å²) < 4.78 is 33.4. The van der Waals surface area contributed by atoms with Gasteiger partial charge in [0.1, 0.15) is 0 Å². The predicted molar refractivity (Wildman–Crippen MR) is 88.4 cm³/mol. The molecule has 1 aromatic rings. The van der Waals surface area contributed by atoms with E-state index in [9.17, 15) is 13.2 Å². The lowest BCUT2D eigenvalue weighted by Crippen LogP contribution is -2.41. The van der Waals surface area contributed by atoms with E-state index in [1.165, 1.54) is 7.11 Å². The number of nitrogens with one attached hydrogen (secondary N) is 1. The second-order valence-corrected chi connectivity index (χ2v) is 7.41. The van der Waals surface area contributed by atoms with E-state index in [4.69, 9.17) is 0 Å². The van der Waals surface area contributed by atoms with Crippen LogP contribution in [0.15, 0.2) is 24.3 Å². The third kappa shape index (κ3) is 5.30. The van der Waals surface area contributed by atoms with Gasteiger partial charge in [-0.25, -0.2) is 9.52 Å². The average molecular weight is 340 g/mol. The Morgan fingerprint density at radius 1 is 1.13 bits per heavy atom. The van der Waals surface area contributed by atoms with Gasteiger partial charge in [0.15, 0.2) is 0 Å². The molecule has 0 saturated carbocycles. The van der Waals surface area contributed by atoms with E-state index in [-0.39, 0.29) is 5.97 Å². The Morgan fingerprint density at radius 2 is 1.74 bits per heavy atom. The molecule has 0 aliphatic carbocycles. The monoisotopic (exact) mass is 340 g/mol. The molecule has 1 aromatic carbocycles. The quantitative estimate of drug-likeness (QED) is 0.800. The fourth-order valence-corrected chi connectivity index (χ4v) is 3.90. The van der Waals surface area contributed by atoms with Crippen LogP contribution < -0.4 is 4.72 Å². The predicted octanol–water partition coefficient (Wildman–Crippen LogP) is 1.73. The van der Waals surface area contributed by atoms with Crippen LogP contribution in [0.25, 0.3) is 0 Å². The molecule has 1 fully saturated rings. The fraction of sp³-hybridized carbons (Fsp3) is 0.562. The van der Waals surface area contributed by atoms with E-state index in [1.54, 1.807) is 16.4 Å². The minimum Gasteiger partial charge on any atom is -0.465 e. The number of benzene rings is 1. The highest BCUT2D eigenvalue weighted by Gasteiger charge is 2.22. The fourth-order valence-electron chi connectivity index (χ4n) is 2.62. The molecule has 1 heterocycles. The van der Waals surface area contributed by atoms with E-state index < -0.39 is 10.2 Å². The van der Waals surface area contributed by atoms with Crippen molar-refractivity contribution in [3.63, 3.8) is 0 Å². The maximum atomic E-state index is 12.3. The van der Waals surface area contributed by atoms with Crippen molar-refractivity contribution in [1.29, 1.82) is 0 Å². The first kappa shape index (κ1) is 17.9. The van der Waals surface area contributed by atoms with Gasteiger partial charge < -0.3 is 4.74 Å². The summed E-state index contributed by atoms with van der Waals surface area (Å²) in [7, 11) is -2.05. The lowest BCUT2D eigenvalue weighted by Gasteiger charge is -2.20. The van der Waals surface area contributed by atoms with Crippen LogP contribution in [0.2, 0.25) is 0 Å².